The van der Waals surface area contributed by atoms with Crippen LogP contribution in [0.5, 0.6) is 0 Å². The van der Waals surface area contributed by atoms with E-state index >= 15 is 0 Å². The number of esters is 1. The van der Waals surface area contributed by atoms with Crippen LogP contribution in [0.3, 0.4) is 0 Å². The number of nitro groups is 1. The molecular formula is C11H10N2O4S. The van der Waals surface area contributed by atoms with Crippen LogP contribution in [-0.4, -0.2) is 23.3 Å². The number of nitro benzene ring substituents is 1. The van der Waals surface area contributed by atoms with Gasteiger partial charge in [0, 0.05) is 6.07 Å². The van der Waals surface area contributed by atoms with E-state index < -0.39 is 17.0 Å². The van der Waals surface area contributed by atoms with Crippen molar-refractivity contribution in [3.8, 4) is 6.07 Å². The second-order valence-corrected chi connectivity index (χ2v) is 4.17. The molecule has 1 aromatic rings. The zero-order valence-corrected chi connectivity index (χ0v) is 10.6. The molecule has 1 rings (SSSR count). The first-order valence-electron chi connectivity index (χ1n) is 4.92. The highest BCUT2D eigenvalue weighted by Crippen LogP contribution is 2.28. The molecule has 0 aliphatic rings. The second-order valence-electron chi connectivity index (χ2n) is 3.32. The van der Waals surface area contributed by atoms with E-state index in [1.807, 2.05) is 0 Å². The van der Waals surface area contributed by atoms with Crippen molar-refractivity contribution >= 4 is 23.4 Å². The van der Waals surface area contributed by atoms with Gasteiger partial charge in [0.2, 0.25) is 0 Å². The third kappa shape index (κ3) is 3.21. The summed E-state index contributed by atoms with van der Waals surface area (Å²) in [4.78, 5) is 22.3. The van der Waals surface area contributed by atoms with E-state index in [4.69, 9.17) is 10.00 Å². The van der Waals surface area contributed by atoms with Crippen molar-refractivity contribution in [2.75, 3.05) is 6.26 Å². The molecule has 0 fully saturated rings. The van der Waals surface area contributed by atoms with Gasteiger partial charge in [-0.25, -0.2) is 4.79 Å². The molecule has 1 aromatic carbocycles. The van der Waals surface area contributed by atoms with E-state index in [0.29, 0.717) is 4.90 Å². The minimum absolute atomic E-state index is 0.0570. The molecule has 0 bridgehead atoms. The van der Waals surface area contributed by atoms with Gasteiger partial charge < -0.3 is 4.74 Å². The summed E-state index contributed by atoms with van der Waals surface area (Å²) in [5.41, 5.74) is -0.0943. The number of hydrogen-bond acceptors (Lipinski definition) is 6. The van der Waals surface area contributed by atoms with Crippen molar-refractivity contribution in [1.82, 2.24) is 0 Å². The smallest absolute Gasteiger partial charge is 0.339 e. The summed E-state index contributed by atoms with van der Waals surface area (Å²) in [6.45, 7) is 1.42. The van der Waals surface area contributed by atoms with Gasteiger partial charge in [0.05, 0.1) is 15.4 Å². The van der Waals surface area contributed by atoms with E-state index in [2.05, 4.69) is 0 Å². The highest BCUT2D eigenvalue weighted by molar-refractivity contribution is 7.98. The van der Waals surface area contributed by atoms with Gasteiger partial charge in [-0.3, -0.25) is 10.1 Å². The van der Waals surface area contributed by atoms with Gasteiger partial charge in [0.15, 0.2) is 6.10 Å². The largest absolute Gasteiger partial charge is 0.444 e. The minimum atomic E-state index is -0.892. The van der Waals surface area contributed by atoms with Gasteiger partial charge in [-0.05, 0) is 25.3 Å². The number of carbonyl (C=O) groups excluding carboxylic acids is 1. The number of nitriles is 1. The fraction of sp³-hybridized carbons (Fsp3) is 0.273. The van der Waals surface area contributed by atoms with Crippen molar-refractivity contribution in [3.05, 3.63) is 33.9 Å². The fourth-order valence-corrected chi connectivity index (χ4v) is 1.76. The maximum atomic E-state index is 11.6. The zero-order valence-electron chi connectivity index (χ0n) is 9.75. The standard InChI is InChI=1S/C11H10N2O4S/c1-7(6-12)17-11(14)8-3-4-10(18-2)9(5-8)13(15)16/h3-5,7H,1-2H3/t7-/m0/s1. The molecule has 6 nitrogen and oxygen atoms in total. The van der Waals surface area contributed by atoms with Crippen LogP contribution in [0.25, 0.3) is 0 Å². The average molecular weight is 266 g/mol. The lowest BCUT2D eigenvalue weighted by Gasteiger charge is -2.06. The molecule has 0 aliphatic heterocycles. The Kier molecular flexibility index (Phi) is 4.68. The Hall–Kier alpha value is -2.07. The molecule has 18 heavy (non-hydrogen) atoms. The summed E-state index contributed by atoms with van der Waals surface area (Å²) >= 11 is 1.22. The Labute approximate surface area is 108 Å². The normalized spacial score (nSPS) is 11.4. The SMILES string of the molecule is CSc1ccc(C(=O)O[C@@H](C)C#N)cc1[N+](=O)[O-]. The Morgan fingerprint density at radius 2 is 2.28 bits per heavy atom. The van der Waals surface area contributed by atoms with Crippen molar-refractivity contribution in [3.63, 3.8) is 0 Å². The molecule has 1 atom stereocenters. The molecule has 0 radical (unpaired) electrons. The first kappa shape index (κ1) is 14.0. The molecule has 0 saturated heterocycles. The third-order valence-corrected chi connectivity index (χ3v) is 2.86. The van der Waals surface area contributed by atoms with Gasteiger partial charge in [-0.2, -0.15) is 5.26 Å². The summed E-state index contributed by atoms with van der Waals surface area (Å²) in [6, 6.07) is 5.81. The minimum Gasteiger partial charge on any atom is -0.444 e. The monoisotopic (exact) mass is 266 g/mol. The van der Waals surface area contributed by atoms with Crippen LogP contribution < -0.4 is 0 Å². The zero-order chi connectivity index (χ0) is 13.7. The van der Waals surface area contributed by atoms with E-state index in [0.717, 1.165) is 6.07 Å². The Balaban J connectivity index is 3.05. The summed E-state index contributed by atoms with van der Waals surface area (Å²) in [5.74, 6) is -0.750. The van der Waals surface area contributed by atoms with E-state index in [9.17, 15) is 14.9 Å². The number of carbonyl (C=O) groups is 1. The van der Waals surface area contributed by atoms with Crippen molar-refractivity contribution < 1.29 is 14.5 Å². The van der Waals surface area contributed by atoms with Crippen molar-refractivity contribution in [2.24, 2.45) is 0 Å². The molecule has 0 N–H and O–H groups in total. The highest BCUT2D eigenvalue weighted by Gasteiger charge is 2.18. The fourth-order valence-electron chi connectivity index (χ4n) is 1.21. The molecule has 0 unspecified atom stereocenters. The number of rotatable bonds is 4. The van der Waals surface area contributed by atoms with E-state index in [1.165, 1.54) is 30.8 Å². The molecule has 7 heteroatoms. The van der Waals surface area contributed by atoms with Gasteiger partial charge in [-0.1, -0.05) is 0 Å². The van der Waals surface area contributed by atoms with Crippen LogP contribution in [0, 0.1) is 21.4 Å². The van der Waals surface area contributed by atoms with Gasteiger partial charge in [0.25, 0.3) is 5.69 Å². The maximum Gasteiger partial charge on any atom is 0.339 e. The predicted octanol–water partition coefficient (Wildman–Crippen LogP) is 2.39. The topological polar surface area (TPSA) is 93.2 Å². The number of ether oxygens (including phenoxy) is 1. The molecule has 0 spiro atoms. The van der Waals surface area contributed by atoms with Crippen LogP contribution in [0.15, 0.2) is 23.1 Å². The molecule has 0 aliphatic carbocycles. The molecular weight excluding hydrogens is 256 g/mol. The summed E-state index contributed by atoms with van der Waals surface area (Å²) in [5, 5.41) is 19.3. The van der Waals surface area contributed by atoms with Crippen molar-refractivity contribution in [1.29, 1.82) is 5.26 Å². The summed E-state index contributed by atoms with van der Waals surface area (Å²) in [6.07, 6.45) is 0.815. The Bertz CT molecular complexity index is 524. The highest BCUT2D eigenvalue weighted by atomic mass is 32.2. The van der Waals surface area contributed by atoms with Crippen LogP contribution in [0.1, 0.15) is 17.3 Å². The molecule has 0 saturated carbocycles. The molecule has 0 amide bonds. The number of thioether (sulfide) groups is 1. The number of nitrogens with zero attached hydrogens (tertiary/aromatic N) is 2. The average Bonchev–Trinajstić information content (AvgIpc) is 2.37. The summed E-state index contributed by atoms with van der Waals surface area (Å²) < 4.78 is 4.76. The van der Waals surface area contributed by atoms with Gasteiger partial charge >= 0.3 is 5.97 Å². The number of benzene rings is 1. The third-order valence-electron chi connectivity index (χ3n) is 2.08. The lowest BCUT2D eigenvalue weighted by molar-refractivity contribution is -0.387. The van der Waals surface area contributed by atoms with Gasteiger partial charge in [0.1, 0.15) is 6.07 Å². The van der Waals surface area contributed by atoms with Crippen LogP contribution in [0.2, 0.25) is 0 Å². The van der Waals surface area contributed by atoms with Crippen LogP contribution >= 0.6 is 11.8 Å². The molecule has 94 valence electrons. The first-order valence-corrected chi connectivity index (χ1v) is 6.15. The number of hydrogen-bond donors (Lipinski definition) is 0. The van der Waals surface area contributed by atoms with Gasteiger partial charge in [-0.15, -0.1) is 11.8 Å². The van der Waals surface area contributed by atoms with Crippen LogP contribution in [-0.2, 0) is 4.74 Å². The van der Waals surface area contributed by atoms with E-state index in [1.54, 1.807) is 12.3 Å². The maximum absolute atomic E-state index is 11.6. The quantitative estimate of drug-likeness (QED) is 0.359. The molecule has 0 aromatic heterocycles. The Morgan fingerprint density at radius 3 is 2.78 bits per heavy atom. The van der Waals surface area contributed by atoms with E-state index in [-0.39, 0.29) is 11.3 Å². The first-order chi connectivity index (χ1) is 8.49. The predicted molar refractivity (Wildman–Crippen MR) is 65.4 cm³/mol. The second kappa shape index (κ2) is 6.02. The van der Waals surface area contributed by atoms with Crippen LogP contribution in [0.4, 0.5) is 5.69 Å². The summed E-state index contributed by atoms with van der Waals surface area (Å²) in [7, 11) is 0. The van der Waals surface area contributed by atoms with Crippen molar-refractivity contribution in [2.45, 2.75) is 17.9 Å². The molecule has 0 heterocycles. The lowest BCUT2D eigenvalue weighted by Crippen LogP contribution is -2.13. The Morgan fingerprint density at radius 1 is 1.61 bits per heavy atom. The lowest BCUT2D eigenvalue weighted by atomic mass is 10.2.